The average molecular weight is 439 g/mol. The summed E-state index contributed by atoms with van der Waals surface area (Å²) in [7, 11) is 1.99. The van der Waals surface area contributed by atoms with Gasteiger partial charge in [0, 0.05) is 30.6 Å². The summed E-state index contributed by atoms with van der Waals surface area (Å²) in [5.74, 6) is 1.85. The molecule has 176 valence electrons. The van der Waals surface area contributed by atoms with Crippen molar-refractivity contribution in [2.75, 3.05) is 0 Å². The molecule has 1 aliphatic heterocycles. The number of phenols is 1. The number of hydrogen-bond donors (Lipinski definition) is 1. The van der Waals surface area contributed by atoms with E-state index in [2.05, 4.69) is 46.9 Å². The summed E-state index contributed by atoms with van der Waals surface area (Å²) in [6.45, 7) is 11.3. The monoisotopic (exact) mass is 438 g/mol. The quantitative estimate of drug-likeness (QED) is 0.460. The fraction of sp³-hybridized carbons (Fsp3) is 0.679. The molecule has 2 heterocycles. The molecule has 0 amide bonds. The van der Waals surface area contributed by atoms with Gasteiger partial charge in [-0.25, -0.2) is 0 Å². The van der Waals surface area contributed by atoms with Crippen molar-refractivity contribution in [2.45, 2.75) is 109 Å². The molecule has 1 aliphatic carbocycles. The first-order valence-corrected chi connectivity index (χ1v) is 12.7. The van der Waals surface area contributed by atoms with E-state index in [0.717, 1.165) is 30.6 Å². The van der Waals surface area contributed by atoms with Crippen molar-refractivity contribution in [2.24, 2.45) is 13.0 Å². The van der Waals surface area contributed by atoms with Gasteiger partial charge in [0.25, 0.3) is 0 Å². The second-order valence-corrected chi connectivity index (χ2v) is 11.4. The number of aryl methyl sites for hydroxylation is 1. The number of unbranched alkanes of at least 4 members (excludes halogenated alkanes) is 5. The van der Waals surface area contributed by atoms with Gasteiger partial charge in [0.15, 0.2) is 0 Å². The van der Waals surface area contributed by atoms with Gasteiger partial charge in [-0.15, -0.1) is 0 Å². The van der Waals surface area contributed by atoms with Crippen LogP contribution in [0.2, 0.25) is 0 Å². The van der Waals surface area contributed by atoms with Crippen LogP contribution in [0.5, 0.6) is 11.5 Å². The standard InChI is InChI=1S/C28H42N2O2/c1-7-8-9-10-11-12-13-27(2,3)20-15-24(31)26-21-17-23-19(18-30(6)29-23)14-22(21)28(4,5)32-25(26)16-20/h15-16,18,21-22,31H,7-14,17H2,1-6H3/t21-,22-/m1/s1. The van der Waals surface area contributed by atoms with Crippen LogP contribution in [0.15, 0.2) is 18.3 Å². The normalized spacial score (nSPS) is 21.4. The summed E-state index contributed by atoms with van der Waals surface area (Å²) in [6.07, 6.45) is 12.9. The Balaban J connectivity index is 1.58. The molecular formula is C28H42N2O2. The van der Waals surface area contributed by atoms with Crippen LogP contribution in [0.1, 0.15) is 108 Å². The van der Waals surface area contributed by atoms with Crippen LogP contribution in [-0.4, -0.2) is 20.5 Å². The number of benzene rings is 1. The highest BCUT2D eigenvalue weighted by Gasteiger charge is 2.48. The van der Waals surface area contributed by atoms with E-state index in [1.54, 1.807) is 0 Å². The maximum Gasteiger partial charge on any atom is 0.127 e. The van der Waals surface area contributed by atoms with Crippen LogP contribution in [0.4, 0.5) is 0 Å². The predicted molar refractivity (Wildman–Crippen MR) is 131 cm³/mol. The first kappa shape index (κ1) is 23.2. The third-order valence-electron chi connectivity index (χ3n) is 8.02. The van der Waals surface area contributed by atoms with Crippen molar-refractivity contribution >= 4 is 0 Å². The summed E-state index contributed by atoms with van der Waals surface area (Å²) >= 11 is 0. The Morgan fingerprint density at radius 1 is 1.12 bits per heavy atom. The van der Waals surface area contributed by atoms with Gasteiger partial charge in [-0.1, -0.05) is 59.3 Å². The van der Waals surface area contributed by atoms with Crippen LogP contribution in [0.25, 0.3) is 0 Å². The number of ether oxygens (including phenoxy) is 1. The van der Waals surface area contributed by atoms with Gasteiger partial charge in [0.2, 0.25) is 0 Å². The molecule has 0 bridgehead atoms. The molecule has 1 aromatic carbocycles. The fourth-order valence-electron chi connectivity index (χ4n) is 6.00. The predicted octanol–water partition coefficient (Wildman–Crippen LogP) is 6.82. The molecule has 4 heteroatoms. The van der Waals surface area contributed by atoms with Gasteiger partial charge < -0.3 is 9.84 Å². The Morgan fingerprint density at radius 2 is 1.84 bits per heavy atom. The van der Waals surface area contributed by atoms with Gasteiger partial charge in [0.05, 0.1) is 5.69 Å². The van der Waals surface area contributed by atoms with E-state index in [0.29, 0.717) is 11.7 Å². The van der Waals surface area contributed by atoms with Crippen LogP contribution in [0.3, 0.4) is 0 Å². The van der Waals surface area contributed by atoms with E-state index >= 15 is 0 Å². The first-order chi connectivity index (χ1) is 15.1. The van der Waals surface area contributed by atoms with Gasteiger partial charge in [-0.05, 0) is 61.8 Å². The Morgan fingerprint density at radius 3 is 2.59 bits per heavy atom. The summed E-state index contributed by atoms with van der Waals surface area (Å²) in [4.78, 5) is 0. The SMILES string of the molecule is CCCCCCCCC(C)(C)c1cc(O)c2c(c1)OC(C)(C)[C@@H]1Cc3cn(C)nc3C[C@@H]21. The van der Waals surface area contributed by atoms with Crippen molar-refractivity contribution in [3.63, 3.8) is 0 Å². The van der Waals surface area contributed by atoms with E-state index in [4.69, 9.17) is 9.84 Å². The lowest BCUT2D eigenvalue weighted by atomic mass is 9.66. The van der Waals surface area contributed by atoms with Gasteiger partial charge >= 0.3 is 0 Å². The number of fused-ring (bicyclic) bond motifs is 4. The first-order valence-electron chi connectivity index (χ1n) is 12.7. The van der Waals surface area contributed by atoms with Gasteiger partial charge in [0.1, 0.15) is 17.1 Å². The highest BCUT2D eigenvalue weighted by Crippen LogP contribution is 2.54. The zero-order chi connectivity index (χ0) is 23.1. The lowest BCUT2D eigenvalue weighted by Gasteiger charge is -2.47. The zero-order valence-electron chi connectivity index (χ0n) is 21.0. The molecule has 0 radical (unpaired) electrons. The van der Waals surface area contributed by atoms with Crippen LogP contribution in [0, 0.1) is 5.92 Å². The molecule has 0 spiro atoms. The average Bonchev–Trinajstić information content (AvgIpc) is 3.07. The topological polar surface area (TPSA) is 47.3 Å². The molecular weight excluding hydrogens is 396 g/mol. The van der Waals surface area contributed by atoms with Crippen LogP contribution in [-0.2, 0) is 25.3 Å². The lowest BCUT2D eigenvalue weighted by molar-refractivity contribution is 0.00537. The highest BCUT2D eigenvalue weighted by atomic mass is 16.5. The molecule has 4 rings (SSSR count). The minimum absolute atomic E-state index is 0.0162. The van der Waals surface area contributed by atoms with E-state index < -0.39 is 0 Å². The maximum absolute atomic E-state index is 11.2. The molecule has 1 N–H and O–H groups in total. The minimum Gasteiger partial charge on any atom is -0.508 e. The third-order valence-corrected chi connectivity index (χ3v) is 8.02. The molecule has 0 unspecified atom stereocenters. The van der Waals surface area contributed by atoms with Crippen LogP contribution < -0.4 is 4.74 Å². The Kier molecular flexibility index (Phi) is 6.35. The van der Waals surface area contributed by atoms with E-state index in [-0.39, 0.29) is 16.9 Å². The zero-order valence-corrected chi connectivity index (χ0v) is 21.0. The molecule has 0 saturated heterocycles. The van der Waals surface area contributed by atoms with Crippen molar-refractivity contribution < 1.29 is 9.84 Å². The molecule has 1 aromatic heterocycles. The van der Waals surface area contributed by atoms with E-state index in [1.165, 1.54) is 55.3 Å². The van der Waals surface area contributed by atoms with Crippen molar-refractivity contribution in [3.05, 3.63) is 40.7 Å². The lowest BCUT2D eigenvalue weighted by Crippen LogP contribution is -2.47. The third kappa shape index (κ3) is 4.43. The number of nitrogens with zero attached hydrogens (tertiary/aromatic N) is 2. The van der Waals surface area contributed by atoms with Crippen molar-refractivity contribution in [3.8, 4) is 11.5 Å². The Labute approximate surface area is 194 Å². The second kappa shape index (κ2) is 8.76. The highest BCUT2D eigenvalue weighted by molar-refractivity contribution is 5.54. The van der Waals surface area contributed by atoms with Gasteiger partial charge in [-0.3, -0.25) is 4.68 Å². The van der Waals surface area contributed by atoms with Crippen molar-refractivity contribution in [1.29, 1.82) is 0 Å². The second-order valence-electron chi connectivity index (χ2n) is 11.4. The fourth-order valence-corrected chi connectivity index (χ4v) is 6.00. The Bertz CT molecular complexity index is 957. The number of rotatable bonds is 8. The smallest absolute Gasteiger partial charge is 0.127 e. The minimum atomic E-state index is -0.278. The largest absolute Gasteiger partial charge is 0.508 e. The molecule has 2 atom stereocenters. The molecule has 2 aromatic rings. The Hall–Kier alpha value is -1.97. The summed E-state index contributed by atoms with van der Waals surface area (Å²) < 4.78 is 8.53. The summed E-state index contributed by atoms with van der Waals surface area (Å²) in [5.41, 5.74) is 4.41. The van der Waals surface area contributed by atoms with Crippen molar-refractivity contribution in [1.82, 2.24) is 9.78 Å². The summed E-state index contributed by atoms with van der Waals surface area (Å²) in [6, 6.07) is 4.24. The van der Waals surface area contributed by atoms with E-state index in [9.17, 15) is 5.11 Å². The summed E-state index contributed by atoms with van der Waals surface area (Å²) in [5, 5.41) is 15.9. The number of aromatic hydroxyl groups is 1. The maximum atomic E-state index is 11.2. The molecule has 0 saturated carbocycles. The molecule has 32 heavy (non-hydrogen) atoms. The van der Waals surface area contributed by atoms with E-state index in [1.807, 2.05) is 17.8 Å². The number of phenolic OH excluding ortho intramolecular Hbond substituents is 1. The number of hydrogen-bond acceptors (Lipinski definition) is 3. The van der Waals surface area contributed by atoms with Crippen LogP contribution >= 0.6 is 0 Å². The van der Waals surface area contributed by atoms with Gasteiger partial charge in [-0.2, -0.15) is 5.10 Å². The number of aromatic nitrogens is 2. The molecule has 4 nitrogen and oxygen atoms in total. The molecule has 2 aliphatic rings. The molecule has 0 fully saturated rings.